The van der Waals surface area contributed by atoms with Gasteiger partial charge in [0.15, 0.2) is 0 Å². The van der Waals surface area contributed by atoms with Crippen LogP contribution in [0.1, 0.15) is 13.8 Å². The molecule has 132 valence electrons. The molecule has 3 amide bonds. The molecule has 10 heteroatoms. The Hall–Kier alpha value is -2.65. The van der Waals surface area contributed by atoms with Gasteiger partial charge < -0.3 is 14.7 Å². The Labute approximate surface area is 139 Å². The minimum Gasteiger partial charge on any atom is -0.338 e. The van der Waals surface area contributed by atoms with E-state index in [0.717, 1.165) is 6.20 Å². The summed E-state index contributed by atoms with van der Waals surface area (Å²) in [6.45, 7) is 7.02. The zero-order valence-corrected chi connectivity index (χ0v) is 13.9. The number of piperazine rings is 1. The van der Waals surface area contributed by atoms with Crippen molar-refractivity contribution in [3.8, 4) is 0 Å². The van der Waals surface area contributed by atoms with Crippen LogP contribution in [0.15, 0.2) is 12.4 Å². The summed E-state index contributed by atoms with van der Waals surface area (Å²) in [4.78, 5) is 39.7. The number of nitro groups is 1. The van der Waals surface area contributed by atoms with Gasteiger partial charge in [-0.15, -0.1) is 0 Å². The lowest BCUT2D eigenvalue weighted by molar-refractivity contribution is -0.385. The van der Waals surface area contributed by atoms with Crippen LogP contribution < -0.4 is 0 Å². The van der Waals surface area contributed by atoms with Crippen LogP contribution in [0.2, 0.25) is 0 Å². The second-order valence-corrected chi connectivity index (χ2v) is 5.48. The van der Waals surface area contributed by atoms with Crippen LogP contribution in [0, 0.1) is 10.1 Å². The zero-order chi connectivity index (χ0) is 17.7. The van der Waals surface area contributed by atoms with Gasteiger partial charge in [0.05, 0.1) is 4.92 Å². The molecule has 0 N–H and O–H groups in total. The number of hydrogen-bond acceptors (Lipinski definition) is 5. The molecule has 10 nitrogen and oxygen atoms in total. The SMILES string of the molecule is CCN(CC)C(=O)N1CCN(C(=O)Cn2cc([N+](=O)[O-])cn2)CC1. The molecule has 1 aliphatic heterocycles. The van der Waals surface area contributed by atoms with Crippen LogP contribution in [-0.2, 0) is 11.3 Å². The molecular weight excluding hydrogens is 316 g/mol. The molecule has 0 radical (unpaired) electrons. The molecule has 24 heavy (non-hydrogen) atoms. The maximum Gasteiger partial charge on any atom is 0.320 e. The number of urea groups is 1. The van der Waals surface area contributed by atoms with Crippen molar-refractivity contribution in [3.05, 3.63) is 22.5 Å². The van der Waals surface area contributed by atoms with Gasteiger partial charge in [0.25, 0.3) is 0 Å². The smallest absolute Gasteiger partial charge is 0.320 e. The first-order chi connectivity index (χ1) is 11.5. The standard InChI is InChI=1S/C14H22N6O4/c1-3-16(4-2)14(22)18-7-5-17(6-8-18)13(21)11-19-10-12(9-15-19)20(23)24/h9-10H,3-8,11H2,1-2H3. The Kier molecular flexibility index (Phi) is 5.72. The fourth-order valence-electron chi connectivity index (χ4n) is 2.61. The number of nitrogens with zero attached hydrogens (tertiary/aromatic N) is 6. The fraction of sp³-hybridized carbons (Fsp3) is 0.643. The highest BCUT2D eigenvalue weighted by Gasteiger charge is 2.26. The third-order valence-electron chi connectivity index (χ3n) is 4.06. The molecule has 2 rings (SSSR count). The predicted molar refractivity (Wildman–Crippen MR) is 85.4 cm³/mol. The van der Waals surface area contributed by atoms with Crippen molar-refractivity contribution in [1.82, 2.24) is 24.5 Å². The van der Waals surface area contributed by atoms with Gasteiger partial charge in [-0.1, -0.05) is 0 Å². The molecule has 0 aliphatic carbocycles. The van der Waals surface area contributed by atoms with Crippen molar-refractivity contribution in [2.45, 2.75) is 20.4 Å². The average Bonchev–Trinajstić information content (AvgIpc) is 3.04. The van der Waals surface area contributed by atoms with E-state index in [0.29, 0.717) is 39.3 Å². The molecule has 1 aromatic heterocycles. The number of carbonyl (C=O) groups excluding carboxylic acids is 2. The second kappa shape index (κ2) is 7.75. The second-order valence-electron chi connectivity index (χ2n) is 5.48. The highest BCUT2D eigenvalue weighted by Crippen LogP contribution is 2.10. The lowest BCUT2D eigenvalue weighted by Crippen LogP contribution is -2.54. The van der Waals surface area contributed by atoms with E-state index in [1.54, 1.807) is 14.7 Å². The molecule has 0 atom stereocenters. The van der Waals surface area contributed by atoms with E-state index in [4.69, 9.17) is 0 Å². The summed E-state index contributed by atoms with van der Waals surface area (Å²) in [5.74, 6) is -0.164. The topological polar surface area (TPSA) is 105 Å². The van der Waals surface area contributed by atoms with Crippen molar-refractivity contribution in [2.24, 2.45) is 0 Å². The molecule has 2 heterocycles. The van der Waals surface area contributed by atoms with E-state index in [1.165, 1.54) is 10.9 Å². The van der Waals surface area contributed by atoms with Crippen molar-refractivity contribution < 1.29 is 14.5 Å². The minimum absolute atomic E-state index is 0.00481. The van der Waals surface area contributed by atoms with Crippen LogP contribution >= 0.6 is 0 Å². The predicted octanol–water partition coefficient (Wildman–Crippen LogP) is 0.397. The monoisotopic (exact) mass is 338 g/mol. The molecule has 1 saturated heterocycles. The Balaban J connectivity index is 1.86. The summed E-state index contributed by atoms with van der Waals surface area (Å²) < 4.78 is 1.26. The summed E-state index contributed by atoms with van der Waals surface area (Å²) in [7, 11) is 0. The van der Waals surface area contributed by atoms with Crippen LogP contribution in [0.5, 0.6) is 0 Å². The third-order valence-corrected chi connectivity index (χ3v) is 4.06. The summed E-state index contributed by atoms with van der Waals surface area (Å²) in [6.07, 6.45) is 2.35. The van der Waals surface area contributed by atoms with E-state index in [-0.39, 0.29) is 24.2 Å². The molecule has 0 unspecified atom stereocenters. The highest BCUT2D eigenvalue weighted by atomic mass is 16.6. The van der Waals surface area contributed by atoms with Gasteiger partial charge in [-0.05, 0) is 13.8 Å². The summed E-state index contributed by atoms with van der Waals surface area (Å²) in [5, 5.41) is 14.4. The number of aromatic nitrogens is 2. The zero-order valence-electron chi connectivity index (χ0n) is 13.9. The highest BCUT2D eigenvalue weighted by molar-refractivity contribution is 5.77. The van der Waals surface area contributed by atoms with Gasteiger partial charge >= 0.3 is 11.7 Å². The van der Waals surface area contributed by atoms with E-state index in [2.05, 4.69) is 5.10 Å². The molecule has 0 saturated carbocycles. The van der Waals surface area contributed by atoms with Gasteiger partial charge in [-0.25, -0.2) is 4.79 Å². The van der Waals surface area contributed by atoms with Gasteiger partial charge in [0.1, 0.15) is 18.9 Å². The molecule has 0 aromatic carbocycles. The molecule has 0 spiro atoms. The maximum absolute atomic E-state index is 12.3. The number of amides is 3. The Morgan fingerprint density at radius 2 is 1.79 bits per heavy atom. The maximum atomic E-state index is 12.3. The normalized spacial score (nSPS) is 14.6. The van der Waals surface area contributed by atoms with Crippen molar-refractivity contribution in [2.75, 3.05) is 39.3 Å². The van der Waals surface area contributed by atoms with Crippen LogP contribution in [0.25, 0.3) is 0 Å². The number of carbonyl (C=O) groups is 2. The molecule has 1 aliphatic rings. The van der Waals surface area contributed by atoms with Crippen LogP contribution in [0.3, 0.4) is 0 Å². The van der Waals surface area contributed by atoms with Gasteiger partial charge in [-0.2, -0.15) is 5.10 Å². The first kappa shape index (κ1) is 17.7. The van der Waals surface area contributed by atoms with Gasteiger partial charge in [-0.3, -0.25) is 19.6 Å². The van der Waals surface area contributed by atoms with Crippen molar-refractivity contribution >= 4 is 17.6 Å². The average molecular weight is 338 g/mol. The Morgan fingerprint density at radius 1 is 1.21 bits per heavy atom. The molecule has 0 bridgehead atoms. The van der Waals surface area contributed by atoms with E-state index < -0.39 is 4.92 Å². The van der Waals surface area contributed by atoms with Crippen molar-refractivity contribution in [3.63, 3.8) is 0 Å². The minimum atomic E-state index is -0.550. The fourth-order valence-corrected chi connectivity index (χ4v) is 2.61. The van der Waals surface area contributed by atoms with Crippen LogP contribution in [-0.4, -0.2) is 80.6 Å². The summed E-state index contributed by atoms with van der Waals surface area (Å²) in [5.41, 5.74) is -0.141. The summed E-state index contributed by atoms with van der Waals surface area (Å²) in [6, 6.07) is -0.00481. The van der Waals surface area contributed by atoms with Gasteiger partial charge in [0, 0.05) is 39.3 Å². The number of hydrogen-bond donors (Lipinski definition) is 0. The first-order valence-corrected chi connectivity index (χ1v) is 7.94. The Morgan fingerprint density at radius 3 is 2.29 bits per heavy atom. The van der Waals surface area contributed by atoms with E-state index in [9.17, 15) is 19.7 Å². The van der Waals surface area contributed by atoms with E-state index in [1.807, 2.05) is 13.8 Å². The Bertz CT molecular complexity index is 604. The molecular formula is C14H22N6O4. The third kappa shape index (κ3) is 4.00. The lowest BCUT2D eigenvalue weighted by atomic mass is 10.3. The lowest BCUT2D eigenvalue weighted by Gasteiger charge is -2.37. The number of rotatable bonds is 5. The van der Waals surface area contributed by atoms with E-state index >= 15 is 0 Å². The first-order valence-electron chi connectivity index (χ1n) is 7.94. The molecule has 1 aromatic rings. The largest absolute Gasteiger partial charge is 0.338 e. The van der Waals surface area contributed by atoms with Crippen molar-refractivity contribution in [1.29, 1.82) is 0 Å². The summed E-state index contributed by atoms with van der Waals surface area (Å²) >= 11 is 0. The quantitative estimate of drug-likeness (QED) is 0.571. The van der Waals surface area contributed by atoms with Crippen LogP contribution in [0.4, 0.5) is 10.5 Å². The van der Waals surface area contributed by atoms with Gasteiger partial charge in [0.2, 0.25) is 5.91 Å². The molecule has 1 fully saturated rings.